The van der Waals surface area contributed by atoms with Gasteiger partial charge in [-0.05, 0) is 31.2 Å². The molecule has 34 heavy (non-hydrogen) atoms. The highest BCUT2D eigenvalue weighted by Gasteiger charge is 2.54. The maximum Gasteiger partial charge on any atom is 0.316 e. The van der Waals surface area contributed by atoms with Crippen molar-refractivity contribution in [1.82, 2.24) is 9.97 Å². The molecule has 5 rings (SSSR count). The predicted octanol–water partition coefficient (Wildman–Crippen LogP) is 2.69. The molecule has 1 spiro atoms. The number of hydrogen-bond acceptors (Lipinski definition) is 5. The average molecular weight is 464 g/mol. The second kappa shape index (κ2) is 9.82. The van der Waals surface area contributed by atoms with Crippen LogP contribution in [0.4, 0.5) is 5.82 Å². The first-order valence-electron chi connectivity index (χ1n) is 12.8. The van der Waals surface area contributed by atoms with Crippen molar-refractivity contribution in [2.45, 2.75) is 69.3 Å². The molecular formula is C27H35N4O3+. The molecule has 1 aromatic heterocycles. The minimum atomic E-state index is -0.485. The van der Waals surface area contributed by atoms with Crippen LogP contribution in [0.2, 0.25) is 0 Å². The fourth-order valence-electron chi connectivity index (χ4n) is 6.25. The first kappa shape index (κ1) is 23.0. The van der Waals surface area contributed by atoms with E-state index >= 15 is 0 Å². The second-order valence-electron chi connectivity index (χ2n) is 10.4. The minimum Gasteiger partial charge on any atom is -0.461 e. The molecule has 1 saturated heterocycles. The molecule has 7 nitrogen and oxygen atoms in total. The van der Waals surface area contributed by atoms with Crippen LogP contribution in [0.5, 0.6) is 0 Å². The van der Waals surface area contributed by atoms with Crippen molar-refractivity contribution < 1.29 is 19.2 Å². The standard InChI is InChI=1S/C27H34N4O3/c32-24(30-23-19-28-15-16-29-23)20-31-17-13-26(14-18-31)12-9-22(26)34-25(33)27(10-5-2-6-11-27)21-7-3-1-4-8-21/h1,3-4,7-8,15-16,19,22H,2,5-6,9-14,17-18,20H2,(H,29,30,32)/p+1. The van der Waals surface area contributed by atoms with Crippen molar-refractivity contribution in [2.75, 3.05) is 25.0 Å². The van der Waals surface area contributed by atoms with Gasteiger partial charge in [-0.25, -0.2) is 4.98 Å². The molecule has 7 heteroatoms. The molecule has 0 bridgehead atoms. The second-order valence-corrected chi connectivity index (χ2v) is 10.4. The summed E-state index contributed by atoms with van der Waals surface area (Å²) in [5.74, 6) is 0.437. The fourth-order valence-corrected chi connectivity index (χ4v) is 6.25. The number of hydrogen-bond donors (Lipinski definition) is 2. The van der Waals surface area contributed by atoms with Crippen molar-refractivity contribution in [2.24, 2.45) is 5.41 Å². The monoisotopic (exact) mass is 463 g/mol. The molecule has 180 valence electrons. The molecule has 1 aliphatic heterocycles. The molecule has 2 aliphatic carbocycles. The van der Waals surface area contributed by atoms with Crippen LogP contribution in [0.25, 0.3) is 0 Å². The number of aromatic nitrogens is 2. The molecule has 1 atom stereocenters. The molecule has 1 aromatic carbocycles. The van der Waals surface area contributed by atoms with Gasteiger partial charge in [0.25, 0.3) is 5.91 Å². The number of amides is 1. The van der Waals surface area contributed by atoms with E-state index in [1.807, 2.05) is 18.2 Å². The Balaban J connectivity index is 1.18. The number of benzene rings is 1. The summed E-state index contributed by atoms with van der Waals surface area (Å²) >= 11 is 0. The number of anilines is 1. The lowest BCUT2D eigenvalue weighted by molar-refractivity contribution is -0.900. The van der Waals surface area contributed by atoms with Gasteiger partial charge in [0.2, 0.25) is 0 Å². The van der Waals surface area contributed by atoms with E-state index in [-0.39, 0.29) is 23.4 Å². The van der Waals surface area contributed by atoms with Crippen molar-refractivity contribution in [3.8, 4) is 0 Å². The summed E-state index contributed by atoms with van der Waals surface area (Å²) in [6.45, 7) is 2.27. The van der Waals surface area contributed by atoms with Crippen molar-refractivity contribution in [3.05, 3.63) is 54.5 Å². The number of carbonyl (C=O) groups excluding carboxylic acids is 2. The lowest BCUT2D eigenvalue weighted by atomic mass is 9.60. The van der Waals surface area contributed by atoms with Crippen molar-refractivity contribution >= 4 is 17.7 Å². The predicted molar refractivity (Wildman–Crippen MR) is 128 cm³/mol. The molecular weight excluding hydrogens is 428 g/mol. The largest absolute Gasteiger partial charge is 0.461 e. The van der Waals surface area contributed by atoms with Crippen molar-refractivity contribution in [3.63, 3.8) is 0 Å². The van der Waals surface area contributed by atoms with Crippen LogP contribution in [0.15, 0.2) is 48.9 Å². The summed E-state index contributed by atoms with van der Waals surface area (Å²) in [7, 11) is 0. The zero-order valence-electron chi connectivity index (χ0n) is 19.8. The van der Waals surface area contributed by atoms with Gasteiger partial charge in [-0.2, -0.15) is 0 Å². The van der Waals surface area contributed by atoms with Crippen LogP contribution >= 0.6 is 0 Å². The zero-order valence-corrected chi connectivity index (χ0v) is 19.8. The normalized spacial score (nSPS) is 28.0. The maximum absolute atomic E-state index is 13.6. The van der Waals surface area contributed by atoms with Crippen LogP contribution in [0.1, 0.15) is 63.4 Å². The summed E-state index contributed by atoms with van der Waals surface area (Å²) in [6, 6.07) is 10.3. The van der Waals surface area contributed by atoms with Gasteiger partial charge in [0, 0.05) is 30.7 Å². The third kappa shape index (κ3) is 4.58. The van der Waals surface area contributed by atoms with E-state index in [1.165, 1.54) is 11.3 Å². The number of esters is 1. The van der Waals surface area contributed by atoms with Crippen LogP contribution in [0.3, 0.4) is 0 Å². The Bertz CT molecular complexity index is 983. The number of likely N-dealkylation sites (tertiary alicyclic amines) is 1. The SMILES string of the molecule is O=C(C[NH+]1CCC2(CCC2OC(=O)C2(c3ccccc3)CCCCC2)CC1)Nc1cnccn1. The Morgan fingerprint density at radius 2 is 1.76 bits per heavy atom. The lowest BCUT2D eigenvalue weighted by Crippen LogP contribution is -3.14. The average Bonchev–Trinajstić information content (AvgIpc) is 2.88. The number of nitrogens with one attached hydrogen (secondary N) is 2. The molecule has 2 heterocycles. The van der Waals surface area contributed by atoms with E-state index in [9.17, 15) is 9.59 Å². The van der Waals surface area contributed by atoms with Crippen LogP contribution < -0.4 is 10.2 Å². The molecule has 2 aromatic rings. The van der Waals surface area contributed by atoms with Gasteiger partial charge < -0.3 is 15.0 Å². The number of ether oxygens (including phenoxy) is 1. The van der Waals surface area contributed by atoms with Crippen molar-refractivity contribution in [1.29, 1.82) is 0 Å². The topological polar surface area (TPSA) is 85.6 Å². The highest BCUT2D eigenvalue weighted by atomic mass is 16.5. The quantitative estimate of drug-likeness (QED) is 0.644. The highest BCUT2D eigenvalue weighted by Crippen LogP contribution is 2.51. The first-order valence-corrected chi connectivity index (χ1v) is 12.8. The number of carbonyl (C=O) groups is 2. The summed E-state index contributed by atoms with van der Waals surface area (Å²) in [5.41, 5.74) is 0.717. The maximum atomic E-state index is 13.6. The van der Waals surface area contributed by atoms with Gasteiger partial charge in [-0.1, -0.05) is 49.6 Å². The number of rotatable bonds is 6. The smallest absolute Gasteiger partial charge is 0.316 e. The third-order valence-electron chi connectivity index (χ3n) is 8.46. The minimum absolute atomic E-state index is 0.0116. The van der Waals surface area contributed by atoms with Gasteiger partial charge >= 0.3 is 5.97 Å². The molecule has 1 amide bonds. The number of nitrogens with zero attached hydrogens (tertiary/aromatic N) is 2. The summed E-state index contributed by atoms with van der Waals surface area (Å²) in [6.07, 6.45) is 13.9. The Hall–Kier alpha value is -2.80. The van der Waals surface area contributed by atoms with Crippen LogP contribution in [0, 0.1) is 5.41 Å². The highest BCUT2D eigenvalue weighted by molar-refractivity contribution is 5.90. The molecule has 3 fully saturated rings. The molecule has 3 aliphatic rings. The summed E-state index contributed by atoms with van der Waals surface area (Å²) < 4.78 is 6.33. The Kier molecular flexibility index (Phi) is 6.63. The fraction of sp³-hybridized carbons (Fsp3) is 0.556. The first-order chi connectivity index (χ1) is 16.6. The van der Waals surface area contributed by atoms with Gasteiger partial charge in [0.15, 0.2) is 12.4 Å². The number of quaternary nitrogens is 1. The lowest BCUT2D eigenvalue weighted by Gasteiger charge is -2.52. The zero-order chi connectivity index (χ0) is 23.4. The molecule has 2 N–H and O–H groups in total. The van der Waals surface area contributed by atoms with E-state index in [4.69, 9.17) is 4.74 Å². The summed E-state index contributed by atoms with van der Waals surface area (Å²) in [5, 5.41) is 2.83. The Labute approximate surface area is 201 Å². The Morgan fingerprint density at radius 1 is 1.00 bits per heavy atom. The number of piperidine rings is 1. The van der Waals surface area contributed by atoms with E-state index in [1.54, 1.807) is 18.6 Å². The van der Waals surface area contributed by atoms with Crippen LogP contribution in [-0.4, -0.2) is 47.6 Å². The van der Waals surface area contributed by atoms with E-state index < -0.39 is 5.41 Å². The van der Waals surface area contributed by atoms with E-state index in [2.05, 4.69) is 27.4 Å². The third-order valence-corrected chi connectivity index (χ3v) is 8.46. The Morgan fingerprint density at radius 3 is 2.41 bits per heavy atom. The molecule has 2 saturated carbocycles. The molecule has 0 radical (unpaired) electrons. The summed E-state index contributed by atoms with van der Waals surface area (Å²) in [4.78, 5) is 35.4. The van der Waals surface area contributed by atoms with E-state index in [0.29, 0.717) is 12.4 Å². The van der Waals surface area contributed by atoms with Crippen LogP contribution in [-0.2, 0) is 19.7 Å². The molecule has 1 unspecified atom stereocenters. The van der Waals surface area contributed by atoms with Gasteiger partial charge in [-0.15, -0.1) is 0 Å². The van der Waals surface area contributed by atoms with E-state index in [0.717, 1.165) is 70.0 Å². The van der Waals surface area contributed by atoms with Gasteiger partial charge in [-0.3, -0.25) is 14.6 Å². The van der Waals surface area contributed by atoms with Gasteiger partial charge in [0.1, 0.15) is 6.10 Å². The van der Waals surface area contributed by atoms with Gasteiger partial charge in [0.05, 0.1) is 24.7 Å².